The summed E-state index contributed by atoms with van der Waals surface area (Å²) in [4.78, 5) is 0. The minimum absolute atomic E-state index is 0.172. The van der Waals surface area contributed by atoms with E-state index in [1.165, 1.54) is 11.1 Å². The number of aliphatic hydroxyl groups excluding tert-OH is 1. The van der Waals surface area contributed by atoms with E-state index in [0.29, 0.717) is 12.5 Å². The topological polar surface area (TPSA) is 29.5 Å². The summed E-state index contributed by atoms with van der Waals surface area (Å²) in [5.74, 6) is 0.508. The Morgan fingerprint density at radius 1 is 1.27 bits per heavy atom. The first-order valence-corrected chi connectivity index (χ1v) is 5.35. The third kappa shape index (κ3) is 3.33. The van der Waals surface area contributed by atoms with Crippen LogP contribution in [0.15, 0.2) is 24.3 Å². The fourth-order valence-corrected chi connectivity index (χ4v) is 1.81. The van der Waals surface area contributed by atoms with Crippen LogP contribution in [0.25, 0.3) is 0 Å². The van der Waals surface area contributed by atoms with Crippen LogP contribution in [0.1, 0.15) is 24.0 Å². The molecule has 0 amide bonds. The van der Waals surface area contributed by atoms with Gasteiger partial charge in [-0.3, -0.25) is 0 Å². The van der Waals surface area contributed by atoms with Gasteiger partial charge in [-0.1, -0.05) is 36.8 Å². The molecule has 0 aliphatic carbocycles. The molecule has 1 aromatic rings. The van der Waals surface area contributed by atoms with E-state index in [1.54, 1.807) is 7.11 Å². The minimum atomic E-state index is 0.172. The smallest absolute Gasteiger partial charge is 0.0503 e. The third-order valence-electron chi connectivity index (χ3n) is 2.82. The van der Waals surface area contributed by atoms with Crippen molar-refractivity contribution in [3.05, 3.63) is 35.4 Å². The molecule has 2 unspecified atom stereocenters. The van der Waals surface area contributed by atoms with E-state index in [0.717, 1.165) is 0 Å². The predicted octanol–water partition coefficient (Wildman–Crippen LogP) is 2.35. The van der Waals surface area contributed by atoms with E-state index in [-0.39, 0.29) is 12.5 Å². The summed E-state index contributed by atoms with van der Waals surface area (Å²) < 4.78 is 5.12. The number of hydrogen-bond acceptors (Lipinski definition) is 2. The van der Waals surface area contributed by atoms with E-state index in [4.69, 9.17) is 4.74 Å². The first-order chi connectivity index (χ1) is 7.19. The highest BCUT2D eigenvalue weighted by molar-refractivity contribution is 5.25. The molecule has 15 heavy (non-hydrogen) atoms. The Bertz CT molecular complexity index is 279. The van der Waals surface area contributed by atoms with Gasteiger partial charge in [0, 0.05) is 19.6 Å². The Morgan fingerprint density at radius 3 is 2.33 bits per heavy atom. The van der Waals surface area contributed by atoms with E-state index in [9.17, 15) is 5.11 Å². The SMILES string of the molecule is COCC(C)C(CO)c1ccc(C)cc1. The predicted molar refractivity (Wildman–Crippen MR) is 62.0 cm³/mol. The van der Waals surface area contributed by atoms with Crippen LogP contribution in [-0.4, -0.2) is 25.4 Å². The third-order valence-corrected chi connectivity index (χ3v) is 2.82. The zero-order valence-corrected chi connectivity index (χ0v) is 9.73. The zero-order valence-electron chi connectivity index (χ0n) is 9.73. The van der Waals surface area contributed by atoms with Crippen LogP contribution in [0.2, 0.25) is 0 Å². The van der Waals surface area contributed by atoms with Gasteiger partial charge in [-0.05, 0) is 18.4 Å². The highest BCUT2D eigenvalue weighted by Gasteiger charge is 2.18. The number of benzene rings is 1. The lowest BCUT2D eigenvalue weighted by Crippen LogP contribution is -2.18. The summed E-state index contributed by atoms with van der Waals surface area (Å²) in [6.07, 6.45) is 0. The van der Waals surface area contributed by atoms with Gasteiger partial charge in [-0.25, -0.2) is 0 Å². The zero-order chi connectivity index (χ0) is 11.3. The van der Waals surface area contributed by atoms with Crippen molar-refractivity contribution in [3.8, 4) is 0 Å². The normalized spacial score (nSPS) is 14.9. The van der Waals surface area contributed by atoms with E-state index < -0.39 is 0 Å². The van der Waals surface area contributed by atoms with Gasteiger partial charge in [0.05, 0.1) is 6.61 Å². The molecule has 2 nitrogen and oxygen atoms in total. The van der Waals surface area contributed by atoms with Crippen LogP contribution in [0.4, 0.5) is 0 Å². The maximum absolute atomic E-state index is 9.39. The van der Waals surface area contributed by atoms with Gasteiger partial charge in [-0.2, -0.15) is 0 Å². The molecule has 1 aromatic carbocycles. The molecule has 0 spiro atoms. The average Bonchev–Trinajstić information content (AvgIpc) is 2.22. The Hall–Kier alpha value is -0.860. The molecule has 0 saturated heterocycles. The molecule has 0 radical (unpaired) electrons. The van der Waals surface area contributed by atoms with Gasteiger partial charge < -0.3 is 9.84 Å². The molecular weight excluding hydrogens is 188 g/mol. The Kier molecular flexibility index (Phi) is 4.79. The van der Waals surface area contributed by atoms with Gasteiger partial charge in [-0.15, -0.1) is 0 Å². The largest absolute Gasteiger partial charge is 0.396 e. The lowest BCUT2D eigenvalue weighted by molar-refractivity contribution is 0.126. The number of aryl methyl sites for hydroxylation is 1. The molecule has 1 rings (SSSR count). The second-order valence-electron chi connectivity index (χ2n) is 4.13. The maximum Gasteiger partial charge on any atom is 0.0503 e. The van der Waals surface area contributed by atoms with Gasteiger partial charge in [0.15, 0.2) is 0 Å². The summed E-state index contributed by atoms with van der Waals surface area (Å²) in [6.45, 7) is 5.02. The number of rotatable bonds is 5. The number of aliphatic hydroxyl groups is 1. The van der Waals surface area contributed by atoms with E-state index in [1.807, 2.05) is 0 Å². The van der Waals surface area contributed by atoms with Crippen molar-refractivity contribution in [3.63, 3.8) is 0 Å². The summed E-state index contributed by atoms with van der Waals surface area (Å²) in [5.41, 5.74) is 2.43. The van der Waals surface area contributed by atoms with Gasteiger partial charge in [0.2, 0.25) is 0 Å². The molecule has 84 valence electrons. The lowest BCUT2D eigenvalue weighted by atomic mass is 9.88. The minimum Gasteiger partial charge on any atom is -0.396 e. The van der Waals surface area contributed by atoms with Crippen LogP contribution in [0, 0.1) is 12.8 Å². The molecule has 0 aliphatic rings. The molecule has 0 aromatic heterocycles. The maximum atomic E-state index is 9.39. The van der Waals surface area contributed by atoms with Crippen molar-refractivity contribution in [2.75, 3.05) is 20.3 Å². The van der Waals surface area contributed by atoms with Crippen LogP contribution in [-0.2, 0) is 4.74 Å². The molecule has 0 bridgehead atoms. The number of hydrogen-bond donors (Lipinski definition) is 1. The van der Waals surface area contributed by atoms with Gasteiger partial charge in [0.1, 0.15) is 0 Å². The average molecular weight is 208 g/mol. The molecular formula is C13H20O2. The molecule has 2 atom stereocenters. The molecule has 0 saturated carbocycles. The van der Waals surface area contributed by atoms with Crippen molar-refractivity contribution in [1.29, 1.82) is 0 Å². The van der Waals surface area contributed by atoms with E-state index in [2.05, 4.69) is 38.1 Å². The summed E-state index contributed by atoms with van der Waals surface area (Å²) in [5, 5.41) is 9.39. The van der Waals surface area contributed by atoms with Crippen molar-refractivity contribution in [2.45, 2.75) is 19.8 Å². The molecule has 0 aliphatic heterocycles. The van der Waals surface area contributed by atoms with Gasteiger partial charge in [0.25, 0.3) is 0 Å². The fourth-order valence-electron chi connectivity index (χ4n) is 1.81. The Balaban J connectivity index is 2.77. The van der Waals surface area contributed by atoms with Crippen molar-refractivity contribution < 1.29 is 9.84 Å². The number of ether oxygens (including phenoxy) is 1. The van der Waals surface area contributed by atoms with Crippen molar-refractivity contribution in [1.82, 2.24) is 0 Å². The van der Waals surface area contributed by atoms with Crippen LogP contribution >= 0.6 is 0 Å². The summed E-state index contributed by atoms with van der Waals surface area (Å²) in [6, 6.07) is 8.33. The first kappa shape index (κ1) is 12.2. The van der Waals surface area contributed by atoms with Crippen LogP contribution < -0.4 is 0 Å². The standard InChI is InChI=1S/C13H20O2/c1-10-4-6-12(7-5-10)13(8-14)11(2)9-15-3/h4-7,11,13-14H,8-9H2,1-3H3. The molecule has 2 heteroatoms. The highest BCUT2D eigenvalue weighted by Crippen LogP contribution is 2.24. The fraction of sp³-hybridized carbons (Fsp3) is 0.538. The monoisotopic (exact) mass is 208 g/mol. The molecule has 1 N–H and O–H groups in total. The highest BCUT2D eigenvalue weighted by atomic mass is 16.5. The number of methoxy groups -OCH3 is 1. The molecule has 0 fully saturated rings. The van der Waals surface area contributed by atoms with Crippen molar-refractivity contribution >= 4 is 0 Å². The second-order valence-corrected chi connectivity index (χ2v) is 4.13. The van der Waals surface area contributed by atoms with Crippen molar-refractivity contribution in [2.24, 2.45) is 5.92 Å². The summed E-state index contributed by atoms with van der Waals surface area (Å²) in [7, 11) is 1.69. The lowest BCUT2D eigenvalue weighted by Gasteiger charge is -2.21. The van der Waals surface area contributed by atoms with Crippen LogP contribution in [0.5, 0.6) is 0 Å². The second kappa shape index (κ2) is 5.89. The van der Waals surface area contributed by atoms with Crippen LogP contribution in [0.3, 0.4) is 0 Å². The first-order valence-electron chi connectivity index (χ1n) is 5.35. The molecule has 0 heterocycles. The Morgan fingerprint density at radius 2 is 1.87 bits per heavy atom. The van der Waals surface area contributed by atoms with Gasteiger partial charge >= 0.3 is 0 Å². The quantitative estimate of drug-likeness (QED) is 0.805. The van der Waals surface area contributed by atoms with E-state index >= 15 is 0 Å². The Labute approximate surface area is 91.9 Å². The summed E-state index contributed by atoms with van der Waals surface area (Å²) >= 11 is 0.